The molecule has 2 heterocycles. The van der Waals surface area contributed by atoms with Gasteiger partial charge in [-0.3, -0.25) is 9.89 Å². The molecule has 116 valence electrons. The number of anilines is 1. The van der Waals surface area contributed by atoms with E-state index in [-0.39, 0.29) is 23.9 Å². The number of hydrogen-bond donors (Lipinski definition) is 3. The van der Waals surface area contributed by atoms with Crippen LogP contribution in [0.1, 0.15) is 26.5 Å². The van der Waals surface area contributed by atoms with Gasteiger partial charge in [-0.2, -0.15) is 5.10 Å². The van der Waals surface area contributed by atoms with Gasteiger partial charge in [-0.05, 0) is 17.7 Å². The lowest BCUT2D eigenvalue weighted by molar-refractivity contribution is 0.0466. The molecule has 0 radical (unpaired) electrons. The number of nitrogens with one attached hydrogen (secondary N) is 3. The summed E-state index contributed by atoms with van der Waals surface area (Å²) in [6, 6.07) is 12.4. The summed E-state index contributed by atoms with van der Waals surface area (Å²) in [4.78, 5) is 26.7. The molecule has 0 unspecified atom stereocenters. The van der Waals surface area contributed by atoms with Gasteiger partial charge in [0.25, 0.3) is 5.91 Å². The molecule has 2 aromatic heterocycles. The molecule has 3 rings (SSSR count). The lowest BCUT2D eigenvalue weighted by Gasteiger charge is -2.03. The van der Waals surface area contributed by atoms with Crippen LogP contribution >= 0.6 is 0 Å². The zero-order chi connectivity index (χ0) is 16.1. The van der Waals surface area contributed by atoms with Crippen LogP contribution in [0.3, 0.4) is 0 Å². The average Bonchev–Trinajstić information content (AvgIpc) is 3.25. The topological polar surface area (TPSA) is 99.9 Å². The first-order chi connectivity index (χ1) is 11.2. The molecule has 0 saturated heterocycles. The summed E-state index contributed by atoms with van der Waals surface area (Å²) in [6.45, 7) is 0.176. The Morgan fingerprint density at radius 2 is 1.87 bits per heavy atom. The van der Waals surface area contributed by atoms with Crippen LogP contribution in [-0.2, 0) is 11.3 Å². The Hall–Kier alpha value is -3.35. The van der Waals surface area contributed by atoms with Crippen molar-refractivity contribution in [1.82, 2.24) is 15.2 Å². The molecular weight excluding hydrogens is 296 g/mol. The van der Waals surface area contributed by atoms with Crippen LogP contribution in [0.5, 0.6) is 0 Å². The number of carbonyl (C=O) groups is 2. The SMILES string of the molecule is O=C(Nc1cn[nH]c1)c1ccc(C(=O)OCc2ccccc2)[nH]1. The number of H-pyrrole nitrogens is 2. The third-order valence-electron chi connectivity index (χ3n) is 3.12. The summed E-state index contributed by atoms with van der Waals surface area (Å²) in [5.74, 6) is -0.885. The third kappa shape index (κ3) is 3.65. The van der Waals surface area contributed by atoms with Crippen molar-refractivity contribution in [2.45, 2.75) is 6.61 Å². The van der Waals surface area contributed by atoms with E-state index in [1.54, 1.807) is 6.20 Å². The van der Waals surface area contributed by atoms with Gasteiger partial charge >= 0.3 is 5.97 Å². The normalized spacial score (nSPS) is 10.3. The molecule has 1 aromatic carbocycles. The number of nitrogens with zero attached hydrogens (tertiary/aromatic N) is 1. The molecule has 0 aliphatic heterocycles. The van der Waals surface area contributed by atoms with Crippen molar-refractivity contribution in [3.63, 3.8) is 0 Å². The Bertz CT molecular complexity index is 794. The fourth-order valence-corrected chi connectivity index (χ4v) is 1.97. The second kappa shape index (κ2) is 6.61. The molecule has 0 atom stereocenters. The molecule has 0 spiro atoms. The van der Waals surface area contributed by atoms with E-state index in [9.17, 15) is 9.59 Å². The van der Waals surface area contributed by atoms with Gasteiger partial charge in [0.15, 0.2) is 0 Å². The van der Waals surface area contributed by atoms with Gasteiger partial charge in [-0.25, -0.2) is 4.79 Å². The summed E-state index contributed by atoms with van der Waals surface area (Å²) < 4.78 is 5.20. The highest BCUT2D eigenvalue weighted by Gasteiger charge is 2.14. The first kappa shape index (κ1) is 14.6. The van der Waals surface area contributed by atoms with E-state index < -0.39 is 5.97 Å². The summed E-state index contributed by atoms with van der Waals surface area (Å²) in [5, 5.41) is 8.96. The van der Waals surface area contributed by atoms with Gasteiger partial charge in [0.2, 0.25) is 0 Å². The number of aromatic amines is 2. The molecular formula is C16H14N4O3. The molecule has 7 heteroatoms. The monoisotopic (exact) mass is 310 g/mol. The van der Waals surface area contributed by atoms with E-state index in [2.05, 4.69) is 20.5 Å². The second-order valence-corrected chi connectivity index (χ2v) is 4.79. The van der Waals surface area contributed by atoms with Crippen molar-refractivity contribution >= 4 is 17.6 Å². The second-order valence-electron chi connectivity index (χ2n) is 4.79. The van der Waals surface area contributed by atoms with Gasteiger partial charge in [0.05, 0.1) is 11.9 Å². The smallest absolute Gasteiger partial charge is 0.355 e. The van der Waals surface area contributed by atoms with Gasteiger partial charge in [0, 0.05) is 6.20 Å². The summed E-state index contributed by atoms with van der Waals surface area (Å²) in [5.41, 5.74) is 1.92. The maximum absolute atomic E-state index is 12.0. The van der Waals surface area contributed by atoms with Gasteiger partial charge in [0.1, 0.15) is 18.0 Å². The number of ether oxygens (including phenoxy) is 1. The molecule has 0 aliphatic carbocycles. The molecule has 1 amide bonds. The predicted molar refractivity (Wildman–Crippen MR) is 82.9 cm³/mol. The summed E-state index contributed by atoms with van der Waals surface area (Å²) in [7, 11) is 0. The Balaban J connectivity index is 1.59. The first-order valence-electron chi connectivity index (χ1n) is 6.92. The summed E-state index contributed by atoms with van der Waals surface area (Å²) in [6.07, 6.45) is 3.03. The number of hydrogen-bond acceptors (Lipinski definition) is 4. The molecule has 0 aliphatic rings. The van der Waals surface area contributed by atoms with Gasteiger partial charge in [-0.1, -0.05) is 30.3 Å². The lowest BCUT2D eigenvalue weighted by atomic mass is 10.2. The largest absolute Gasteiger partial charge is 0.456 e. The van der Waals surface area contributed by atoms with Crippen molar-refractivity contribution in [3.8, 4) is 0 Å². The average molecular weight is 310 g/mol. The fourth-order valence-electron chi connectivity index (χ4n) is 1.97. The Morgan fingerprint density at radius 1 is 1.09 bits per heavy atom. The minimum absolute atomic E-state index is 0.176. The molecule has 3 N–H and O–H groups in total. The molecule has 0 bridgehead atoms. The minimum Gasteiger partial charge on any atom is -0.456 e. The highest BCUT2D eigenvalue weighted by atomic mass is 16.5. The number of rotatable bonds is 5. The molecule has 7 nitrogen and oxygen atoms in total. The summed E-state index contributed by atoms with van der Waals surface area (Å²) >= 11 is 0. The Kier molecular flexibility index (Phi) is 4.19. The van der Waals surface area contributed by atoms with Crippen LogP contribution in [-0.4, -0.2) is 27.1 Å². The zero-order valence-corrected chi connectivity index (χ0v) is 12.1. The van der Waals surface area contributed by atoms with Crippen molar-refractivity contribution in [3.05, 3.63) is 71.8 Å². The standard InChI is InChI=1S/C16H14N4O3/c21-15(19-12-8-17-18-9-12)13-6-7-14(20-13)16(22)23-10-11-4-2-1-3-5-11/h1-9,20H,10H2,(H,17,18)(H,19,21). The number of aromatic nitrogens is 3. The number of amides is 1. The van der Waals surface area contributed by atoms with Crippen LogP contribution in [0, 0.1) is 0 Å². The van der Waals surface area contributed by atoms with E-state index in [1.165, 1.54) is 18.3 Å². The Labute approximate surface area is 131 Å². The van der Waals surface area contributed by atoms with E-state index in [0.717, 1.165) is 5.56 Å². The van der Waals surface area contributed by atoms with Gasteiger partial charge < -0.3 is 15.0 Å². The molecule has 3 aromatic rings. The van der Waals surface area contributed by atoms with E-state index in [4.69, 9.17) is 4.74 Å². The quantitative estimate of drug-likeness (QED) is 0.630. The van der Waals surface area contributed by atoms with E-state index >= 15 is 0 Å². The Morgan fingerprint density at radius 3 is 2.61 bits per heavy atom. The molecule has 0 fully saturated rings. The fraction of sp³-hybridized carbons (Fsp3) is 0.0625. The molecule has 0 saturated carbocycles. The van der Waals surface area contributed by atoms with Crippen molar-refractivity contribution in [2.24, 2.45) is 0 Å². The van der Waals surface area contributed by atoms with Crippen molar-refractivity contribution in [2.75, 3.05) is 5.32 Å². The van der Waals surface area contributed by atoms with Crippen molar-refractivity contribution < 1.29 is 14.3 Å². The van der Waals surface area contributed by atoms with Gasteiger partial charge in [-0.15, -0.1) is 0 Å². The van der Waals surface area contributed by atoms with Crippen molar-refractivity contribution in [1.29, 1.82) is 0 Å². The number of carbonyl (C=O) groups excluding carboxylic acids is 2. The highest BCUT2D eigenvalue weighted by Crippen LogP contribution is 2.09. The third-order valence-corrected chi connectivity index (χ3v) is 3.12. The highest BCUT2D eigenvalue weighted by molar-refractivity contribution is 6.03. The van der Waals surface area contributed by atoms with Crippen LogP contribution < -0.4 is 5.32 Å². The van der Waals surface area contributed by atoms with E-state index in [1.807, 2.05) is 30.3 Å². The minimum atomic E-state index is -0.517. The van der Waals surface area contributed by atoms with E-state index in [0.29, 0.717) is 5.69 Å². The maximum atomic E-state index is 12.0. The van der Waals surface area contributed by atoms with Crippen LogP contribution in [0.15, 0.2) is 54.9 Å². The predicted octanol–water partition coefficient (Wildman–Crippen LogP) is 2.35. The first-order valence-corrected chi connectivity index (χ1v) is 6.92. The zero-order valence-electron chi connectivity index (χ0n) is 12.1. The lowest BCUT2D eigenvalue weighted by Crippen LogP contribution is -2.13. The van der Waals surface area contributed by atoms with Crippen LogP contribution in [0.2, 0.25) is 0 Å². The molecule has 23 heavy (non-hydrogen) atoms. The maximum Gasteiger partial charge on any atom is 0.355 e. The number of benzene rings is 1. The number of esters is 1. The van der Waals surface area contributed by atoms with Crippen LogP contribution in [0.25, 0.3) is 0 Å². The van der Waals surface area contributed by atoms with Crippen LogP contribution in [0.4, 0.5) is 5.69 Å².